The maximum absolute atomic E-state index is 5.93. The summed E-state index contributed by atoms with van der Waals surface area (Å²) in [5.41, 5.74) is 0. The minimum Gasteiger partial charge on any atom is -0.485 e. The molecule has 0 atom stereocenters. The van der Waals surface area contributed by atoms with Crippen molar-refractivity contribution in [3.05, 3.63) is 41.1 Å². The van der Waals surface area contributed by atoms with Gasteiger partial charge in [0.2, 0.25) is 0 Å². The van der Waals surface area contributed by atoms with Crippen LogP contribution in [0.3, 0.4) is 0 Å². The Morgan fingerprint density at radius 3 is 2.77 bits per heavy atom. The molecular weight excluding hydrogens is 375 g/mol. The average molecular weight is 401 g/mol. The molecule has 5 nitrogen and oxygen atoms in total. The van der Waals surface area contributed by atoms with Gasteiger partial charge >= 0.3 is 0 Å². The Morgan fingerprint density at radius 2 is 2.00 bits per heavy atom. The molecule has 1 aromatic carbocycles. The summed E-state index contributed by atoms with van der Waals surface area (Å²) >= 11 is 5.93. The topological polar surface area (TPSA) is 47.7 Å². The molecule has 0 bridgehead atoms. The summed E-state index contributed by atoms with van der Waals surface area (Å²) in [6.45, 7) is 1.79. The quantitative estimate of drug-likeness (QED) is 0.625. The van der Waals surface area contributed by atoms with Crippen LogP contribution >= 0.6 is 24.0 Å². The molecular formula is C19H26Cl2N2O3. The van der Waals surface area contributed by atoms with Gasteiger partial charge < -0.3 is 18.9 Å². The van der Waals surface area contributed by atoms with E-state index in [-0.39, 0.29) is 12.4 Å². The first-order chi connectivity index (χ1) is 12.2. The van der Waals surface area contributed by atoms with Gasteiger partial charge in [0.1, 0.15) is 19.0 Å². The fourth-order valence-corrected chi connectivity index (χ4v) is 3.32. The minimum absolute atomic E-state index is 0. The first-order valence-corrected chi connectivity index (χ1v) is 9.25. The zero-order chi connectivity index (χ0) is 17.5. The molecule has 0 aliphatic heterocycles. The van der Waals surface area contributed by atoms with Crippen LogP contribution in [-0.4, -0.2) is 36.3 Å². The number of rotatable bonds is 8. The van der Waals surface area contributed by atoms with Gasteiger partial charge in [-0.3, -0.25) is 0 Å². The van der Waals surface area contributed by atoms with Crippen molar-refractivity contribution in [2.45, 2.75) is 44.8 Å². The summed E-state index contributed by atoms with van der Waals surface area (Å²) in [5.74, 6) is 1.82. The third-order valence-electron chi connectivity index (χ3n) is 4.61. The van der Waals surface area contributed by atoms with Crippen LogP contribution in [0.15, 0.2) is 34.9 Å². The fraction of sp³-hybridized carbons (Fsp3) is 0.526. The molecule has 0 N–H and O–H groups in total. The molecule has 2 aromatic rings. The van der Waals surface area contributed by atoms with E-state index in [1.807, 2.05) is 12.1 Å². The van der Waals surface area contributed by atoms with E-state index in [9.17, 15) is 0 Å². The van der Waals surface area contributed by atoms with Crippen molar-refractivity contribution < 1.29 is 14.0 Å². The van der Waals surface area contributed by atoms with Crippen molar-refractivity contribution in [1.82, 2.24) is 10.1 Å². The molecule has 1 aliphatic carbocycles. The number of nitrogens with zero attached hydrogens (tertiary/aromatic N) is 2. The summed E-state index contributed by atoms with van der Waals surface area (Å²) < 4.78 is 16.6. The van der Waals surface area contributed by atoms with Crippen molar-refractivity contribution in [2.24, 2.45) is 0 Å². The summed E-state index contributed by atoms with van der Waals surface area (Å²) in [7, 11) is 2.17. The van der Waals surface area contributed by atoms with Crippen LogP contribution in [0.5, 0.6) is 11.6 Å². The molecule has 1 heterocycles. The zero-order valence-electron chi connectivity index (χ0n) is 15.0. The summed E-state index contributed by atoms with van der Waals surface area (Å²) in [6.07, 6.45) is 6.65. The number of aromatic nitrogens is 1. The predicted molar refractivity (Wildman–Crippen MR) is 105 cm³/mol. The van der Waals surface area contributed by atoms with Gasteiger partial charge in [-0.25, -0.2) is 0 Å². The number of benzene rings is 1. The van der Waals surface area contributed by atoms with E-state index in [0.717, 1.165) is 6.54 Å². The summed E-state index contributed by atoms with van der Waals surface area (Å²) in [5, 5.41) is 4.57. The molecule has 0 unspecified atom stereocenters. The van der Waals surface area contributed by atoms with E-state index in [0.29, 0.717) is 41.7 Å². The molecule has 1 fully saturated rings. The number of hydrogen-bond donors (Lipinski definition) is 0. The zero-order valence-corrected chi connectivity index (χ0v) is 16.6. The molecule has 0 radical (unpaired) electrons. The van der Waals surface area contributed by atoms with Crippen molar-refractivity contribution in [1.29, 1.82) is 0 Å². The van der Waals surface area contributed by atoms with E-state index in [4.69, 9.17) is 25.6 Å². The van der Waals surface area contributed by atoms with Crippen molar-refractivity contribution in [2.75, 3.05) is 20.2 Å². The molecule has 7 heteroatoms. The molecule has 0 saturated heterocycles. The third kappa shape index (κ3) is 6.38. The number of hydrogen-bond acceptors (Lipinski definition) is 5. The lowest BCUT2D eigenvalue weighted by Crippen LogP contribution is -2.36. The highest BCUT2D eigenvalue weighted by Crippen LogP contribution is 2.22. The van der Waals surface area contributed by atoms with Crippen LogP contribution in [0.25, 0.3) is 0 Å². The van der Waals surface area contributed by atoms with Gasteiger partial charge in [-0.2, -0.15) is 0 Å². The second-order valence-electron chi connectivity index (χ2n) is 6.50. The second kappa shape index (κ2) is 10.7. The SMILES string of the molecule is CN(CCOc1cc(COc2cccc(Cl)c2)on1)C1CCCCC1.Cl. The number of halogens is 2. The molecule has 0 amide bonds. The lowest BCUT2D eigenvalue weighted by molar-refractivity contribution is 0.155. The lowest BCUT2D eigenvalue weighted by Gasteiger charge is -2.30. The Morgan fingerprint density at radius 1 is 1.19 bits per heavy atom. The van der Waals surface area contributed by atoms with Gasteiger partial charge in [0.15, 0.2) is 5.76 Å². The van der Waals surface area contributed by atoms with Gasteiger partial charge in [0.25, 0.3) is 5.88 Å². The van der Waals surface area contributed by atoms with E-state index < -0.39 is 0 Å². The summed E-state index contributed by atoms with van der Waals surface area (Å²) in [6, 6.07) is 9.72. The van der Waals surface area contributed by atoms with Crippen LogP contribution in [0.1, 0.15) is 37.9 Å². The first kappa shape index (κ1) is 20.9. The largest absolute Gasteiger partial charge is 0.485 e. The standard InChI is InChI=1S/C19H25ClN2O3.ClH/c1-22(16-7-3-2-4-8-16)10-11-23-19-13-18(25-21-19)14-24-17-9-5-6-15(20)12-17;/h5-6,9,12-13,16H,2-4,7-8,10-11,14H2,1H3;1H. The fourth-order valence-electron chi connectivity index (χ4n) is 3.14. The monoisotopic (exact) mass is 400 g/mol. The van der Waals surface area contributed by atoms with Gasteiger partial charge in [-0.05, 0) is 43.2 Å². The third-order valence-corrected chi connectivity index (χ3v) is 4.84. The Hall–Kier alpha value is -1.43. The molecule has 3 rings (SSSR count). The number of likely N-dealkylation sites (N-methyl/N-ethyl adjacent to an activating group) is 1. The molecule has 26 heavy (non-hydrogen) atoms. The van der Waals surface area contributed by atoms with Crippen molar-refractivity contribution in [3.63, 3.8) is 0 Å². The Bertz CT molecular complexity index is 660. The molecule has 144 valence electrons. The van der Waals surface area contributed by atoms with Crippen LogP contribution < -0.4 is 9.47 Å². The van der Waals surface area contributed by atoms with Crippen LogP contribution in [0.2, 0.25) is 5.02 Å². The van der Waals surface area contributed by atoms with Gasteiger partial charge in [-0.1, -0.05) is 36.9 Å². The van der Waals surface area contributed by atoms with Crippen molar-refractivity contribution in [3.8, 4) is 11.6 Å². The highest BCUT2D eigenvalue weighted by molar-refractivity contribution is 6.30. The Kier molecular flexibility index (Phi) is 8.55. The molecule has 1 aliphatic rings. The highest BCUT2D eigenvalue weighted by Gasteiger charge is 2.17. The Labute approximate surface area is 166 Å². The van der Waals surface area contributed by atoms with Gasteiger partial charge in [0.05, 0.1) is 0 Å². The highest BCUT2D eigenvalue weighted by atomic mass is 35.5. The van der Waals surface area contributed by atoms with Crippen LogP contribution in [0, 0.1) is 0 Å². The first-order valence-electron chi connectivity index (χ1n) is 8.88. The van der Waals surface area contributed by atoms with E-state index >= 15 is 0 Å². The maximum Gasteiger partial charge on any atom is 0.254 e. The smallest absolute Gasteiger partial charge is 0.254 e. The maximum atomic E-state index is 5.93. The van der Waals surface area contributed by atoms with E-state index in [2.05, 4.69) is 17.1 Å². The van der Waals surface area contributed by atoms with Crippen molar-refractivity contribution >= 4 is 24.0 Å². The number of ether oxygens (including phenoxy) is 2. The van der Waals surface area contributed by atoms with Crippen LogP contribution in [0.4, 0.5) is 0 Å². The normalized spacial score (nSPS) is 14.9. The predicted octanol–water partition coefficient (Wildman–Crippen LogP) is 4.97. The molecule has 1 aromatic heterocycles. The molecule has 1 saturated carbocycles. The molecule has 0 spiro atoms. The average Bonchev–Trinajstić information content (AvgIpc) is 3.08. The Balaban J connectivity index is 0.00000243. The lowest BCUT2D eigenvalue weighted by atomic mass is 9.94. The second-order valence-corrected chi connectivity index (χ2v) is 6.93. The minimum atomic E-state index is 0. The van der Waals surface area contributed by atoms with Gasteiger partial charge in [-0.15, -0.1) is 12.4 Å². The van der Waals surface area contributed by atoms with E-state index in [1.165, 1.54) is 32.1 Å². The van der Waals surface area contributed by atoms with Gasteiger partial charge in [0, 0.05) is 23.7 Å². The van der Waals surface area contributed by atoms with E-state index in [1.54, 1.807) is 18.2 Å². The van der Waals surface area contributed by atoms with Crippen LogP contribution in [-0.2, 0) is 6.61 Å². The summed E-state index contributed by atoms with van der Waals surface area (Å²) in [4.78, 5) is 2.39.